The molecule has 4 heteroatoms. The van der Waals surface area contributed by atoms with Gasteiger partial charge >= 0.3 is 7.55 Å². The van der Waals surface area contributed by atoms with Crippen molar-refractivity contribution in [3.63, 3.8) is 0 Å². The largest absolute Gasteiger partial charge is 0.357 e. The second-order valence-electron chi connectivity index (χ2n) is 0.362. The summed E-state index contributed by atoms with van der Waals surface area (Å²) in [6, 6.07) is 0. The fourth-order valence-electron chi connectivity index (χ4n) is 0. The summed E-state index contributed by atoms with van der Waals surface area (Å²) in [5, 5.41) is 9.21. The minimum atomic E-state index is 0.125. The Morgan fingerprint density at radius 2 is 2.25 bits per heavy atom. The summed E-state index contributed by atoms with van der Waals surface area (Å²) in [6.07, 6.45) is 0. The van der Waals surface area contributed by atoms with Crippen molar-refractivity contribution < 1.29 is 5.21 Å². The second-order valence-corrected chi connectivity index (χ2v) is 0.362. The summed E-state index contributed by atoms with van der Waals surface area (Å²) in [4.78, 5) is 0. The van der Waals surface area contributed by atoms with Crippen LogP contribution < -0.4 is 11.0 Å². The van der Waals surface area contributed by atoms with E-state index in [2.05, 4.69) is 5.64 Å². The molecule has 4 heavy (non-hydrogen) atoms. The van der Waals surface area contributed by atoms with Gasteiger partial charge < -0.3 is 10.9 Å². The molecular weight excluding hydrogens is 54.8 g/mol. The average molecular weight is 59.9 g/mol. The third-order valence-electron chi connectivity index (χ3n) is 0.0913. The van der Waals surface area contributed by atoms with E-state index < -0.39 is 0 Å². The highest BCUT2D eigenvalue weighted by atomic mass is 16.4. The van der Waals surface area contributed by atoms with Gasteiger partial charge in [-0.3, -0.25) is 0 Å². The van der Waals surface area contributed by atoms with Crippen LogP contribution in [0.25, 0.3) is 0 Å². The van der Waals surface area contributed by atoms with E-state index in [0.717, 1.165) is 0 Å². The Balaban J connectivity index is 1.97. The summed E-state index contributed by atoms with van der Waals surface area (Å²) in [5.74, 6) is 0. The Labute approximate surface area is 25.0 Å². The van der Waals surface area contributed by atoms with Crippen molar-refractivity contribution in [2.75, 3.05) is 0 Å². The molecule has 0 aliphatic heterocycles. The van der Waals surface area contributed by atoms with Gasteiger partial charge in [0.25, 0.3) is 0 Å². The summed E-state index contributed by atoms with van der Waals surface area (Å²) in [7, 11) is 0.125. The molecule has 0 saturated heterocycles. The molecular formula is H5BN2O. The molecule has 3 nitrogen and oxygen atoms in total. The summed E-state index contributed by atoms with van der Waals surface area (Å²) >= 11 is 0. The topological polar surface area (TPSA) is 58.3 Å². The number of rotatable bonds is 1. The highest BCUT2D eigenvalue weighted by Gasteiger charge is 1.59. The maximum absolute atomic E-state index is 7.50. The van der Waals surface area contributed by atoms with Crippen LogP contribution >= 0.6 is 0 Å². The van der Waals surface area contributed by atoms with Crippen molar-refractivity contribution >= 4 is 7.55 Å². The predicted molar refractivity (Wildman–Crippen MR) is 16.3 cm³/mol. The van der Waals surface area contributed by atoms with Gasteiger partial charge in [-0.2, -0.15) is 0 Å². The highest BCUT2D eigenvalue weighted by molar-refractivity contribution is 6.26. The first-order chi connectivity index (χ1) is 1.91. The van der Waals surface area contributed by atoms with Gasteiger partial charge in [0.2, 0.25) is 0 Å². The van der Waals surface area contributed by atoms with Crippen molar-refractivity contribution in [1.82, 2.24) is 5.39 Å². The molecule has 0 heterocycles. The number of hydrogen-bond donors (Lipinski definition) is 3. The standard InChI is InChI=1S/BH5N2O/c2-1-3-4/h1,3-4H,2H2. The van der Waals surface area contributed by atoms with E-state index in [4.69, 9.17) is 5.21 Å². The van der Waals surface area contributed by atoms with E-state index in [1.54, 1.807) is 5.39 Å². The minimum Gasteiger partial charge on any atom is -0.357 e. The fraction of sp³-hybridized carbons (Fsp3) is 0. The van der Waals surface area contributed by atoms with Crippen molar-refractivity contribution in [3.05, 3.63) is 0 Å². The molecule has 0 spiro atoms. The van der Waals surface area contributed by atoms with Gasteiger partial charge in [0.15, 0.2) is 0 Å². The van der Waals surface area contributed by atoms with Gasteiger partial charge in [-0.25, -0.2) is 5.39 Å². The van der Waals surface area contributed by atoms with E-state index in [9.17, 15) is 0 Å². The summed E-state index contributed by atoms with van der Waals surface area (Å²) in [5.41, 5.74) is 4.67. The van der Waals surface area contributed by atoms with E-state index in [1.165, 1.54) is 0 Å². The van der Waals surface area contributed by atoms with E-state index >= 15 is 0 Å². The number of hydrogen-bond acceptors (Lipinski definition) is 3. The summed E-state index contributed by atoms with van der Waals surface area (Å²) < 4.78 is 0. The van der Waals surface area contributed by atoms with Crippen LogP contribution in [0, 0.1) is 0 Å². The Morgan fingerprint density at radius 3 is 2.25 bits per heavy atom. The van der Waals surface area contributed by atoms with Crippen LogP contribution in [0.2, 0.25) is 0 Å². The van der Waals surface area contributed by atoms with Gasteiger partial charge in [0.05, 0.1) is 0 Å². The van der Waals surface area contributed by atoms with Gasteiger partial charge in [0.1, 0.15) is 0 Å². The molecule has 0 bridgehead atoms. The number of nitrogens with two attached hydrogens (primary N) is 1. The van der Waals surface area contributed by atoms with Gasteiger partial charge in [-0.05, 0) is 0 Å². The van der Waals surface area contributed by atoms with Crippen LogP contribution in [0.4, 0.5) is 0 Å². The zero-order chi connectivity index (χ0) is 3.41. The smallest absolute Gasteiger partial charge is 0.309 e. The molecule has 0 radical (unpaired) electrons. The van der Waals surface area contributed by atoms with Crippen molar-refractivity contribution in [3.8, 4) is 0 Å². The highest BCUT2D eigenvalue weighted by Crippen LogP contribution is 1.07. The van der Waals surface area contributed by atoms with E-state index in [0.29, 0.717) is 0 Å². The lowest BCUT2D eigenvalue weighted by Crippen LogP contribution is -2.22. The summed E-state index contributed by atoms with van der Waals surface area (Å²) in [6.45, 7) is 0. The van der Waals surface area contributed by atoms with Gasteiger partial charge in [-0.1, -0.05) is 0 Å². The first kappa shape index (κ1) is 3.94. The molecule has 0 aliphatic carbocycles. The Kier molecular flexibility index (Phi) is 2.90. The Morgan fingerprint density at radius 1 is 2.00 bits per heavy atom. The van der Waals surface area contributed by atoms with Gasteiger partial charge in [0, 0.05) is 0 Å². The molecule has 0 aliphatic rings. The zero-order valence-corrected chi connectivity index (χ0v) is 2.23. The van der Waals surface area contributed by atoms with Crippen LogP contribution in [0.5, 0.6) is 0 Å². The normalized spacial score (nSPS) is 6.50. The lowest BCUT2D eigenvalue weighted by Gasteiger charge is -1.72. The van der Waals surface area contributed by atoms with Crippen LogP contribution in [0.15, 0.2) is 0 Å². The predicted octanol–water partition coefficient (Wildman–Crippen LogP) is -1.81. The maximum atomic E-state index is 7.50. The molecule has 0 amide bonds. The van der Waals surface area contributed by atoms with Crippen LogP contribution in [-0.4, -0.2) is 12.8 Å². The van der Waals surface area contributed by atoms with Crippen molar-refractivity contribution in [2.45, 2.75) is 0 Å². The van der Waals surface area contributed by atoms with E-state index in [-0.39, 0.29) is 7.55 Å². The van der Waals surface area contributed by atoms with Crippen molar-refractivity contribution in [1.29, 1.82) is 0 Å². The Hall–Kier alpha value is -0.0551. The molecule has 0 fully saturated rings. The van der Waals surface area contributed by atoms with E-state index in [1.807, 2.05) is 0 Å². The molecule has 24 valence electrons. The molecule has 4 N–H and O–H groups in total. The van der Waals surface area contributed by atoms with Gasteiger partial charge in [-0.15, -0.1) is 0 Å². The molecule has 0 unspecified atom stereocenters. The molecule has 0 aromatic heterocycles. The minimum absolute atomic E-state index is 0.125. The lowest BCUT2D eigenvalue weighted by atomic mass is 10.3. The zero-order valence-electron chi connectivity index (χ0n) is 2.23. The van der Waals surface area contributed by atoms with Crippen LogP contribution in [0.1, 0.15) is 0 Å². The van der Waals surface area contributed by atoms with Crippen molar-refractivity contribution in [2.24, 2.45) is 5.64 Å². The third-order valence-corrected chi connectivity index (χ3v) is 0.0913. The maximum Gasteiger partial charge on any atom is 0.309 e. The van der Waals surface area contributed by atoms with Crippen LogP contribution in [0.3, 0.4) is 0 Å². The lowest BCUT2D eigenvalue weighted by molar-refractivity contribution is 0.245. The number of nitrogens with one attached hydrogen (secondary N) is 1. The quantitative estimate of drug-likeness (QED) is 0.247. The average Bonchev–Trinajstić information content (AvgIpc) is 1.37. The SMILES string of the molecule is NBNO. The first-order valence-corrected chi connectivity index (χ1v) is 0.985. The second kappa shape index (κ2) is 2.94. The fourth-order valence-corrected chi connectivity index (χ4v) is 0. The monoisotopic (exact) mass is 60.0 g/mol. The molecule has 0 saturated carbocycles. The third kappa shape index (κ3) is 1.94. The molecule has 0 atom stereocenters. The van der Waals surface area contributed by atoms with Crippen LogP contribution in [-0.2, 0) is 0 Å². The Bertz CT molecular complexity index is 8.00. The molecule has 0 rings (SSSR count). The molecule has 0 aromatic carbocycles. The molecule has 0 aromatic rings. The first-order valence-electron chi connectivity index (χ1n) is 0.985.